The molecule has 0 heterocycles. The monoisotopic (exact) mass is 626 g/mol. The summed E-state index contributed by atoms with van der Waals surface area (Å²) in [7, 11) is 0. The topological polar surface area (TPSA) is 0 Å². The molecule has 0 nitrogen and oxygen atoms in total. The van der Waals surface area contributed by atoms with Crippen LogP contribution in [0.4, 0.5) is 0 Å². The normalized spacial score (nSPS) is 18.6. The summed E-state index contributed by atoms with van der Waals surface area (Å²) in [4.78, 5) is 0. The minimum Gasteiger partial charge on any atom is -0.0616 e. The van der Waals surface area contributed by atoms with E-state index in [0.29, 0.717) is 10.8 Å². The molecular weight excluding hydrogens is 577 g/mol. The molecule has 0 spiro atoms. The van der Waals surface area contributed by atoms with Gasteiger partial charge >= 0.3 is 0 Å². The molecule has 0 aliphatic rings. The van der Waals surface area contributed by atoms with E-state index in [4.69, 9.17) is 17.8 Å². The Labute approximate surface area is 308 Å². The number of hydrogen-bond donors (Lipinski definition) is 0. The first-order chi connectivity index (χ1) is 33.0. The van der Waals surface area contributed by atoms with Gasteiger partial charge in [-0.15, -0.1) is 0 Å². The van der Waals surface area contributed by atoms with Crippen molar-refractivity contribution in [3.05, 3.63) is 169 Å². The average molecular weight is 627 g/mol. The molecule has 0 atom stereocenters. The molecule has 11 rings (SSSR count). The van der Waals surface area contributed by atoms with Gasteiger partial charge in [0.25, 0.3) is 0 Å². The number of hydrogen-bond acceptors (Lipinski definition) is 0. The van der Waals surface area contributed by atoms with E-state index >= 15 is 0 Å². The van der Waals surface area contributed by atoms with Crippen molar-refractivity contribution in [2.75, 3.05) is 0 Å². The quantitative estimate of drug-likeness (QED) is 0.171. The molecule has 0 saturated carbocycles. The summed E-state index contributed by atoms with van der Waals surface area (Å²) >= 11 is 0. The molecule has 0 bridgehead atoms. The molecule has 0 aliphatic carbocycles. The predicted octanol–water partition coefficient (Wildman–Crippen LogP) is 13.6. The van der Waals surface area contributed by atoms with Crippen LogP contribution in [0.25, 0.3) is 109 Å². The van der Waals surface area contributed by atoms with E-state index in [1.54, 1.807) is 30.3 Å². The highest BCUT2D eigenvalue weighted by Gasteiger charge is 2.16. The number of fused-ring (bicyclic) bond motifs is 1. The third-order valence-corrected chi connectivity index (χ3v) is 8.92. The van der Waals surface area contributed by atoms with Crippen LogP contribution in [0.15, 0.2) is 169 Å². The third kappa shape index (κ3) is 3.60. The first-order valence-corrected chi connectivity index (χ1v) is 15.0. The van der Waals surface area contributed by atoms with Crippen molar-refractivity contribution in [3.8, 4) is 33.4 Å². The molecule has 0 saturated heterocycles. The SMILES string of the molecule is [2H]c1c([2H])c(-c2c([2H])c([2H])c3c([2H])c([2H])c4c([2H])c([2H])c([2H])c5c([2H])c([2H])c2c3c45)c([2H])c([2H])c1-c1cc(-c2c([2H])c([2H])c3c([2H])c([2H])c4c([2H])c([2H])c([2H])c5c([2H])c([2H])c2c3c45)cc2ccccc12. The zero-order valence-electron chi connectivity index (χ0n) is 46.5. The van der Waals surface area contributed by atoms with Crippen molar-refractivity contribution in [2.24, 2.45) is 0 Å². The first-order valence-electron chi connectivity index (χ1n) is 26.0. The minimum atomic E-state index is -0.757. The lowest BCUT2D eigenvalue weighted by Gasteiger charge is -2.16. The molecule has 0 unspecified atom stereocenters. The van der Waals surface area contributed by atoms with Crippen LogP contribution in [-0.4, -0.2) is 0 Å². The van der Waals surface area contributed by atoms with Gasteiger partial charge in [0.05, 0.1) is 30.2 Å². The highest BCUT2D eigenvalue weighted by atomic mass is 14.2. The Bertz CT molecular complexity index is 4230. The molecule has 0 heteroatoms. The molecule has 0 aromatic heterocycles. The van der Waals surface area contributed by atoms with Crippen LogP contribution in [0.1, 0.15) is 30.2 Å². The molecule has 0 aliphatic heterocycles. The Balaban J connectivity index is 1.26. The predicted molar refractivity (Wildman–Crippen MR) is 208 cm³/mol. The fraction of sp³-hybridized carbons (Fsp3) is 0. The van der Waals surface area contributed by atoms with Gasteiger partial charge in [0.15, 0.2) is 0 Å². The summed E-state index contributed by atoms with van der Waals surface area (Å²) in [6.45, 7) is 0. The Morgan fingerprint density at radius 1 is 0.292 bits per heavy atom. The summed E-state index contributed by atoms with van der Waals surface area (Å²) in [6, 6.07) is -4.20. The lowest BCUT2D eigenvalue weighted by Crippen LogP contribution is -1.90. The molecule has 0 radical (unpaired) electrons. The van der Waals surface area contributed by atoms with Gasteiger partial charge in [-0.3, -0.25) is 0 Å². The van der Waals surface area contributed by atoms with E-state index in [1.807, 2.05) is 0 Å². The summed E-state index contributed by atoms with van der Waals surface area (Å²) in [5, 5.41) is -1.81. The minimum absolute atomic E-state index is 0.0410. The molecule has 0 amide bonds. The van der Waals surface area contributed by atoms with E-state index in [9.17, 15) is 12.3 Å². The number of rotatable bonds is 3. The first kappa shape index (κ1) is 12.8. The zero-order chi connectivity index (χ0) is 50.5. The molecule has 0 N–H and O–H groups in total. The van der Waals surface area contributed by atoms with Gasteiger partial charge in [-0.25, -0.2) is 0 Å². The maximum Gasteiger partial charge on any atom is 0.0630 e. The average Bonchev–Trinajstić information content (AvgIpc) is 3.33. The van der Waals surface area contributed by atoms with Crippen LogP contribution in [-0.2, 0) is 0 Å². The summed E-state index contributed by atoms with van der Waals surface area (Å²) in [6.07, 6.45) is 0. The van der Waals surface area contributed by atoms with Crippen molar-refractivity contribution >= 4 is 75.4 Å². The van der Waals surface area contributed by atoms with Gasteiger partial charge < -0.3 is 0 Å². The zero-order valence-corrected chi connectivity index (χ0v) is 24.5. The summed E-state index contributed by atoms with van der Waals surface area (Å²) in [5.41, 5.74) is -1.32. The Kier molecular flexibility index (Phi) is 2.56. The van der Waals surface area contributed by atoms with Crippen molar-refractivity contribution in [2.45, 2.75) is 0 Å². The van der Waals surface area contributed by atoms with Gasteiger partial charge in [0, 0.05) is 0 Å². The van der Waals surface area contributed by atoms with E-state index in [1.165, 1.54) is 6.07 Å². The van der Waals surface area contributed by atoms with Gasteiger partial charge in [0.1, 0.15) is 0 Å². The number of benzene rings is 11. The van der Waals surface area contributed by atoms with E-state index in [-0.39, 0.29) is 86.9 Å². The van der Waals surface area contributed by atoms with Gasteiger partial charge in [-0.05, 0) is 121 Å². The molecule has 48 heavy (non-hydrogen) atoms. The molecular formula is C48H28. The molecule has 0 fully saturated rings. The fourth-order valence-electron chi connectivity index (χ4n) is 6.76. The van der Waals surface area contributed by atoms with Crippen molar-refractivity contribution in [1.82, 2.24) is 0 Å². The standard InChI is InChI=1S/C48H28/c1-2-10-39-37(5-1)27-38(41-24-20-36-18-16-32-7-4-9-34-22-26-43(41)48(36)46(32)34)28-44(39)30-13-11-29(12-14-30)40-23-19-35-17-15-31-6-3-8-33-21-25-42(40)47(35)45(31)33/h1-28H/i3D,4D,6D,7D,8D,9D,11D,12D,13D,14D,15D,16D,17D,18D,19D,20D,21D,22D,23D,24D,25D,26D. The van der Waals surface area contributed by atoms with Crippen molar-refractivity contribution < 1.29 is 30.2 Å². The summed E-state index contributed by atoms with van der Waals surface area (Å²) in [5.74, 6) is 0. The van der Waals surface area contributed by atoms with Crippen LogP contribution in [0.3, 0.4) is 0 Å². The summed E-state index contributed by atoms with van der Waals surface area (Å²) < 4.78 is 199. The Hall–Kier alpha value is -6.24. The van der Waals surface area contributed by atoms with Crippen LogP contribution in [0.2, 0.25) is 0 Å². The van der Waals surface area contributed by atoms with E-state index in [2.05, 4.69) is 0 Å². The van der Waals surface area contributed by atoms with Crippen molar-refractivity contribution in [3.63, 3.8) is 0 Å². The van der Waals surface area contributed by atoms with Crippen LogP contribution < -0.4 is 0 Å². The Morgan fingerprint density at radius 3 is 1.29 bits per heavy atom. The smallest absolute Gasteiger partial charge is 0.0616 e. The second-order valence-corrected chi connectivity index (χ2v) is 11.5. The van der Waals surface area contributed by atoms with E-state index < -0.39 is 144 Å². The highest BCUT2D eigenvalue weighted by molar-refractivity contribution is 6.27. The maximum atomic E-state index is 9.58. The highest BCUT2D eigenvalue weighted by Crippen LogP contribution is 2.43. The van der Waals surface area contributed by atoms with Gasteiger partial charge in [-0.2, -0.15) is 0 Å². The maximum absolute atomic E-state index is 9.58. The van der Waals surface area contributed by atoms with Crippen LogP contribution >= 0.6 is 0 Å². The van der Waals surface area contributed by atoms with Gasteiger partial charge in [0.2, 0.25) is 0 Å². The van der Waals surface area contributed by atoms with E-state index in [0.717, 1.165) is 0 Å². The van der Waals surface area contributed by atoms with Crippen molar-refractivity contribution in [1.29, 1.82) is 0 Å². The molecule has 220 valence electrons. The fourth-order valence-corrected chi connectivity index (χ4v) is 6.76. The van der Waals surface area contributed by atoms with Gasteiger partial charge in [-0.1, -0.05) is 157 Å². The lowest BCUT2D eigenvalue weighted by molar-refractivity contribution is 1.62. The van der Waals surface area contributed by atoms with Crippen LogP contribution in [0, 0.1) is 0 Å². The lowest BCUT2D eigenvalue weighted by atomic mass is 9.87. The largest absolute Gasteiger partial charge is 0.0630 e. The Morgan fingerprint density at radius 2 is 0.729 bits per heavy atom. The second-order valence-electron chi connectivity index (χ2n) is 11.5. The second kappa shape index (κ2) is 9.64. The molecule has 11 aromatic rings. The third-order valence-electron chi connectivity index (χ3n) is 8.92. The van der Waals surface area contributed by atoms with Crippen LogP contribution in [0.5, 0.6) is 0 Å². The molecule has 11 aromatic carbocycles.